The normalized spacial score (nSPS) is 13.7. The van der Waals surface area contributed by atoms with Gasteiger partial charge in [-0.1, -0.05) is 48.5 Å². The molecule has 5 rings (SSSR count). The van der Waals surface area contributed by atoms with Gasteiger partial charge in [0.15, 0.2) is 12.2 Å². The second kappa shape index (κ2) is 12.4. The van der Waals surface area contributed by atoms with Gasteiger partial charge in [-0.15, -0.1) is 0 Å². The van der Waals surface area contributed by atoms with Crippen molar-refractivity contribution in [3.05, 3.63) is 95.7 Å². The molecule has 2 heterocycles. The molecule has 4 N–H and O–H groups in total. The molecule has 1 aromatic heterocycles. The molecular weight excluding hydrogens is 500 g/mol. The zero-order valence-electron chi connectivity index (χ0n) is 21.4. The van der Waals surface area contributed by atoms with E-state index < -0.39 is 24.1 Å². The number of aliphatic hydroxyl groups is 2. The summed E-state index contributed by atoms with van der Waals surface area (Å²) in [4.78, 5) is 26.9. The average molecular weight is 531 g/mol. The van der Waals surface area contributed by atoms with Gasteiger partial charge in [-0.25, -0.2) is 9.59 Å². The minimum Gasteiger partial charge on any atom is -0.479 e. The number of aliphatic carboxylic acids is 2. The van der Waals surface area contributed by atoms with Gasteiger partial charge in [0.1, 0.15) is 11.5 Å². The second-order valence-corrected chi connectivity index (χ2v) is 9.16. The fraction of sp³-hybridized carbons (Fsp3) is 0.233. The minimum absolute atomic E-state index is 0.851. The molecule has 3 aromatic carbocycles. The van der Waals surface area contributed by atoms with Gasteiger partial charge in [0.2, 0.25) is 0 Å². The van der Waals surface area contributed by atoms with E-state index in [2.05, 4.69) is 54.3 Å². The van der Waals surface area contributed by atoms with Crippen molar-refractivity contribution in [1.29, 1.82) is 0 Å². The zero-order valence-corrected chi connectivity index (χ0v) is 21.4. The molecule has 1 aliphatic rings. The lowest BCUT2D eigenvalue weighted by molar-refractivity contribution is -0.165. The van der Waals surface area contributed by atoms with Gasteiger partial charge >= 0.3 is 11.9 Å². The Morgan fingerprint density at radius 2 is 1.51 bits per heavy atom. The van der Waals surface area contributed by atoms with Gasteiger partial charge in [0.05, 0.1) is 11.2 Å². The third kappa shape index (κ3) is 6.70. The van der Waals surface area contributed by atoms with E-state index in [4.69, 9.17) is 30.1 Å². The number of anilines is 1. The number of fused-ring (bicyclic) bond motifs is 3. The smallest absolute Gasteiger partial charge is 0.335 e. The molecule has 1 aliphatic heterocycles. The van der Waals surface area contributed by atoms with Gasteiger partial charge in [0, 0.05) is 24.2 Å². The number of nitrogens with zero attached hydrogens (tertiary/aromatic N) is 2. The average Bonchev–Trinajstić information content (AvgIpc) is 3.38. The van der Waals surface area contributed by atoms with Crippen LogP contribution in [0.3, 0.4) is 0 Å². The first-order valence-electron chi connectivity index (χ1n) is 12.5. The summed E-state index contributed by atoms with van der Waals surface area (Å²) < 4.78 is 6.09. The summed E-state index contributed by atoms with van der Waals surface area (Å²) in [6.45, 7) is 4.19. The maximum Gasteiger partial charge on any atom is 0.335 e. The van der Waals surface area contributed by atoms with Crippen molar-refractivity contribution in [3.8, 4) is 11.5 Å². The maximum absolute atomic E-state index is 9.77. The quantitative estimate of drug-likeness (QED) is 0.268. The molecule has 0 amide bonds. The van der Waals surface area contributed by atoms with Gasteiger partial charge < -0.3 is 30.1 Å². The first kappa shape index (κ1) is 27.6. The first-order valence-corrected chi connectivity index (χ1v) is 12.5. The molecule has 0 saturated heterocycles. The van der Waals surface area contributed by atoms with E-state index in [1.807, 2.05) is 36.4 Å². The van der Waals surface area contributed by atoms with Crippen LogP contribution < -0.4 is 9.64 Å². The lowest BCUT2D eigenvalue weighted by Gasteiger charge is -2.22. The van der Waals surface area contributed by atoms with Gasteiger partial charge in [-0.3, -0.25) is 4.98 Å². The van der Waals surface area contributed by atoms with Gasteiger partial charge in [0.25, 0.3) is 0 Å². The Morgan fingerprint density at radius 1 is 0.897 bits per heavy atom. The number of aliphatic hydroxyl groups excluding tert-OH is 2. The third-order valence-corrected chi connectivity index (χ3v) is 6.48. The van der Waals surface area contributed by atoms with E-state index in [-0.39, 0.29) is 0 Å². The molecule has 2 unspecified atom stereocenters. The Hall–Kier alpha value is -4.47. The molecule has 0 aliphatic carbocycles. The van der Waals surface area contributed by atoms with Crippen molar-refractivity contribution in [2.75, 3.05) is 18.0 Å². The number of aromatic nitrogens is 1. The van der Waals surface area contributed by atoms with Crippen molar-refractivity contribution in [2.24, 2.45) is 0 Å². The summed E-state index contributed by atoms with van der Waals surface area (Å²) in [5.41, 5.74) is 6.27. The number of benzene rings is 3. The van der Waals surface area contributed by atoms with Crippen LogP contribution >= 0.6 is 0 Å². The number of pyridine rings is 1. The molecule has 39 heavy (non-hydrogen) atoms. The summed E-state index contributed by atoms with van der Waals surface area (Å²) >= 11 is 0. The van der Waals surface area contributed by atoms with E-state index in [1.54, 1.807) is 0 Å². The Morgan fingerprint density at radius 3 is 2.13 bits per heavy atom. The summed E-state index contributed by atoms with van der Waals surface area (Å²) in [6, 6.07) is 26.9. The molecule has 9 heteroatoms. The molecule has 4 aromatic rings. The highest BCUT2D eigenvalue weighted by atomic mass is 16.5. The number of para-hydroxylation sites is 1. The molecular formula is C30H30N2O7. The van der Waals surface area contributed by atoms with E-state index in [9.17, 15) is 9.59 Å². The van der Waals surface area contributed by atoms with Crippen LogP contribution in [0.2, 0.25) is 0 Å². The molecule has 0 fully saturated rings. The van der Waals surface area contributed by atoms with Crippen molar-refractivity contribution in [3.63, 3.8) is 0 Å². The SMILES string of the molecule is Cc1nc2ccc(Oc3ccccc3)cc2c2c1CCN2CCc1ccccc1.O=C(O)C(O)C(O)C(=O)O. The van der Waals surface area contributed by atoms with E-state index in [0.717, 1.165) is 48.6 Å². The number of carboxylic acids is 2. The highest BCUT2D eigenvalue weighted by Gasteiger charge is 2.29. The predicted molar refractivity (Wildman–Crippen MR) is 146 cm³/mol. The van der Waals surface area contributed by atoms with Crippen LogP contribution in [0.15, 0.2) is 78.9 Å². The fourth-order valence-corrected chi connectivity index (χ4v) is 4.49. The Kier molecular flexibility index (Phi) is 8.75. The number of carboxylic acid groups (broad SMARTS) is 2. The molecule has 9 nitrogen and oxygen atoms in total. The number of carbonyl (C=O) groups is 2. The summed E-state index contributed by atoms with van der Waals surface area (Å²) in [6.07, 6.45) is -2.43. The third-order valence-electron chi connectivity index (χ3n) is 6.48. The molecule has 0 saturated carbocycles. The van der Waals surface area contributed by atoms with Crippen LogP contribution in [0.5, 0.6) is 11.5 Å². The number of ether oxygens (including phenoxy) is 1. The Balaban J connectivity index is 0.000000303. The number of hydrogen-bond donors (Lipinski definition) is 4. The fourth-order valence-electron chi connectivity index (χ4n) is 4.49. The van der Waals surface area contributed by atoms with Gasteiger partial charge in [-0.05, 0) is 61.2 Å². The van der Waals surface area contributed by atoms with Crippen molar-refractivity contribution in [2.45, 2.75) is 32.0 Å². The topological polar surface area (TPSA) is 140 Å². The van der Waals surface area contributed by atoms with Gasteiger partial charge in [-0.2, -0.15) is 0 Å². The van der Waals surface area contributed by atoms with Crippen molar-refractivity contribution in [1.82, 2.24) is 4.98 Å². The Bertz CT molecular complexity index is 1430. The first-order chi connectivity index (χ1) is 18.7. The molecule has 0 bridgehead atoms. The van der Waals surface area contributed by atoms with E-state index in [0.29, 0.717) is 0 Å². The Labute approximate surface area is 225 Å². The second-order valence-electron chi connectivity index (χ2n) is 9.16. The molecule has 202 valence electrons. The van der Waals surface area contributed by atoms with Crippen LogP contribution in [-0.4, -0.2) is 62.6 Å². The molecule has 0 spiro atoms. The van der Waals surface area contributed by atoms with E-state index in [1.165, 1.54) is 22.2 Å². The number of rotatable bonds is 8. The lowest BCUT2D eigenvalue weighted by atomic mass is 10.1. The zero-order chi connectivity index (χ0) is 27.9. The largest absolute Gasteiger partial charge is 0.479 e. The summed E-state index contributed by atoms with van der Waals surface area (Å²) in [7, 11) is 0. The number of hydrogen-bond acceptors (Lipinski definition) is 7. The van der Waals surface area contributed by atoms with Crippen molar-refractivity contribution >= 4 is 28.5 Å². The van der Waals surface area contributed by atoms with Crippen LogP contribution in [0.4, 0.5) is 5.69 Å². The van der Waals surface area contributed by atoms with Crippen LogP contribution in [0, 0.1) is 6.92 Å². The summed E-state index contributed by atoms with van der Waals surface area (Å²) in [5, 5.41) is 33.7. The number of aryl methyl sites for hydroxylation is 1. The summed E-state index contributed by atoms with van der Waals surface area (Å²) in [5.74, 6) is -1.83. The van der Waals surface area contributed by atoms with Crippen LogP contribution in [0.1, 0.15) is 16.8 Å². The highest BCUT2D eigenvalue weighted by Crippen LogP contribution is 2.38. The van der Waals surface area contributed by atoms with Crippen molar-refractivity contribution < 1.29 is 34.8 Å². The van der Waals surface area contributed by atoms with Crippen LogP contribution in [0.25, 0.3) is 10.9 Å². The molecule has 0 radical (unpaired) electrons. The maximum atomic E-state index is 9.77. The minimum atomic E-state index is -2.27. The lowest BCUT2D eigenvalue weighted by Crippen LogP contribution is -2.39. The molecule has 2 atom stereocenters. The predicted octanol–water partition coefficient (Wildman–Crippen LogP) is 3.82. The highest BCUT2D eigenvalue weighted by molar-refractivity contribution is 5.96. The monoisotopic (exact) mass is 530 g/mol. The van der Waals surface area contributed by atoms with Crippen LogP contribution in [-0.2, 0) is 22.4 Å². The van der Waals surface area contributed by atoms with E-state index >= 15 is 0 Å². The standard InChI is InChI=1S/C26H24N2O.C4H6O6/c1-19-23-15-17-28(16-14-20-8-4-2-5-9-20)26(23)24-18-22(12-13-25(24)27-19)29-21-10-6-3-7-11-21;5-1(3(7)8)2(6)4(9)10/h2-13,18H,14-17H2,1H3;1-2,5-6H,(H,7,8)(H,9,10).